The SMILES string of the molecule is CC(=O)[C@](C)(O)[C@@H](O)C[C@@H]1C[C@]23OC(=O)C(=C(O)[C@@]4(C)[C@H]5[C@H](C=C[C@H]4[C@H](C)C=CC[C@]2(C)C=C1C)[C@@H](O[C@H]1O[C@H](C)[C@@H](O)[C@H](O[C@H]2O[C@H](C)[C@@H](OC(=O)c4c(O)ccc(Cl)c4C)[C@H](O)[C@H]2O)[C@H]1O)[C@H](C)C[C@@H]5C)C3=O. The standard InChI is InChI=1S/C56H75ClO18/c1-23-13-12-18-53(9)21-26(4)31(20-36(60)55(11,69)30(8)58)22-56(53)48(66)38(50(68)75-56)47(65)54(10)33(23)15-14-32-39(54)24(2)19-25(3)44(32)73-52-43(64)46(40(61)28(6)70-52)74-51-42(63)41(62)45(29(7)71-51)72-49(67)37-27(5)34(57)16-17-35(37)59/h12-17,21,23-25,28-29,31-33,36,39-46,51-52,59-65,69H,18-20,22H2,1-11H3/t23-,24+,25-,28-,29-,31-,32+,33+,36+,39-,40-,41-,42-,43-,44+,45-,46+,51-,52-,53-,54-,55+,56-/m1/s1. The summed E-state index contributed by atoms with van der Waals surface area (Å²) >= 11 is 6.18. The van der Waals surface area contributed by atoms with Crippen molar-refractivity contribution in [1.82, 2.24) is 0 Å². The van der Waals surface area contributed by atoms with Crippen LogP contribution in [0, 0.1) is 59.2 Å². The van der Waals surface area contributed by atoms with Crippen LogP contribution in [-0.4, -0.2) is 149 Å². The number of aromatic hydroxyl groups is 1. The lowest BCUT2D eigenvalue weighted by Gasteiger charge is -2.57. The van der Waals surface area contributed by atoms with E-state index in [-0.39, 0.29) is 53.2 Å². The van der Waals surface area contributed by atoms with Crippen molar-refractivity contribution in [2.45, 2.75) is 187 Å². The summed E-state index contributed by atoms with van der Waals surface area (Å²) in [6, 6.07) is 2.62. The van der Waals surface area contributed by atoms with E-state index in [0.29, 0.717) is 6.42 Å². The molecule has 1 aromatic carbocycles. The summed E-state index contributed by atoms with van der Waals surface area (Å²) in [5.74, 6) is -6.81. The highest BCUT2D eigenvalue weighted by Gasteiger charge is 2.67. The van der Waals surface area contributed by atoms with Gasteiger partial charge in [0, 0.05) is 28.2 Å². The number of esters is 2. The van der Waals surface area contributed by atoms with Crippen molar-refractivity contribution in [3.8, 4) is 5.75 Å². The van der Waals surface area contributed by atoms with Gasteiger partial charge in [-0.2, -0.15) is 0 Å². The van der Waals surface area contributed by atoms with Gasteiger partial charge in [-0.1, -0.05) is 82.2 Å². The van der Waals surface area contributed by atoms with Crippen LogP contribution < -0.4 is 0 Å². The number of allylic oxidation sites excluding steroid dienone is 5. The van der Waals surface area contributed by atoms with E-state index in [4.69, 9.17) is 40.0 Å². The first-order chi connectivity index (χ1) is 34.9. The number of benzene rings is 1. The van der Waals surface area contributed by atoms with Gasteiger partial charge in [0.2, 0.25) is 5.78 Å². The Morgan fingerprint density at radius 1 is 0.867 bits per heavy atom. The number of Topliss-reactive ketones (excluding diaryl/α,β-unsaturated/α-hetero) is 2. The molecule has 1 spiro atoms. The van der Waals surface area contributed by atoms with Crippen LogP contribution >= 0.6 is 11.6 Å². The molecule has 0 amide bonds. The summed E-state index contributed by atoms with van der Waals surface area (Å²) in [7, 11) is 0. The molecule has 0 radical (unpaired) electrons. The van der Waals surface area contributed by atoms with Crippen LogP contribution in [0.4, 0.5) is 0 Å². The van der Waals surface area contributed by atoms with E-state index in [9.17, 15) is 55.2 Å². The largest absolute Gasteiger partial charge is 0.511 e. The third-order valence-electron chi connectivity index (χ3n) is 18.5. The molecule has 1 saturated carbocycles. The third-order valence-corrected chi connectivity index (χ3v) is 18.9. The predicted octanol–water partition coefficient (Wildman–Crippen LogP) is 5.02. The number of hydrogen-bond donors (Lipinski definition) is 8. The molecule has 2 bridgehead atoms. The Morgan fingerprint density at radius 3 is 2.17 bits per heavy atom. The van der Waals surface area contributed by atoms with Crippen LogP contribution in [-0.2, 0) is 42.8 Å². The van der Waals surface area contributed by atoms with Gasteiger partial charge >= 0.3 is 11.9 Å². The van der Waals surface area contributed by atoms with E-state index in [1.807, 2.05) is 58.9 Å². The minimum atomic E-state index is -2.07. The number of ketones is 2. The Kier molecular flexibility index (Phi) is 15.7. The van der Waals surface area contributed by atoms with Crippen molar-refractivity contribution in [1.29, 1.82) is 0 Å². The molecule has 0 aromatic heterocycles. The molecule has 19 heteroatoms. The second kappa shape index (κ2) is 20.6. The minimum Gasteiger partial charge on any atom is -0.511 e. The molecule has 4 fully saturated rings. The fourth-order valence-corrected chi connectivity index (χ4v) is 14.0. The van der Waals surface area contributed by atoms with E-state index < -0.39 is 160 Å². The van der Waals surface area contributed by atoms with Gasteiger partial charge in [0.1, 0.15) is 58.8 Å². The monoisotopic (exact) mass is 1070 g/mol. The minimum absolute atomic E-state index is 0.0723. The molecular formula is C56H75ClO18. The summed E-state index contributed by atoms with van der Waals surface area (Å²) < 4.78 is 36.8. The zero-order valence-corrected chi connectivity index (χ0v) is 45.1. The Morgan fingerprint density at radius 2 is 1.51 bits per heavy atom. The summed E-state index contributed by atoms with van der Waals surface area (Å²) in [4.78, 5) is 55.5. The quantitative estimate of drug-likeness (QED) is 0.0867. The summed E-state index contributed by atoms with van der Waals surface area (Å²) in [5, 5.41) is 91.7. The molecule has 0 unspecified atom stereocenters. The van der Waals surface area contributed by atoms with Gasteiger partial charge in [0.05, 0.1) is 24.4 Å². The Labute approximate surface area is 442 Å². The normalized spacial score (nSPS) is 44.0. The molecule has 3 heterocycles. The van der Waals surface area contributed by atoms with Crippen molar-refractivity contribution in [3.05, 3.63) is 75.6 Å². The lowest BCUT2D eigenvalue weighted by Crippen LogP contribution is -2.64. The lowest BCUT2D eigenvalue weighted by molar-refractivity contribution is -0.361. The van der Waals surface area contributed by atoms with Gasteiger partial charge in [-0.15, -0.1) is 0 Å². The number of carbonyl (C=O) groups is 4. The number of aliphatic hydroxyl groups excluding tert-OH is 6. The molecule has 18 nitrogen and oxygen atoms in total. The zero-order valence-electron chi connectivity index (χ0n) is 44.4. The molecular weight excluding hydrogens is 996 g/mol. The van der Waals surface area contributed by atoms with Gasteiger partial charge in [-0.25, -0.2) is 9.59 Å². The lowest BCUT2D eigenvalue weighted by atomic mass is 9.49. The smallest absolute Gasteiger partial charge is 0.346 e. The number of halogens is 1. The topological polar surface area (TPSA) is 285 Å². The maximum absolute atomic E-state index is 15.4. The average molecular weight is 1070 g/mol. The van der Waals surface area contributed by atoms with Crippen molar-refractivity contribution in [2.75, 3.05) is 0 Å². The van der Waals surface area contributed by atoms with Gasteiger partial charge in [-0.3, -0.25) is 9.59 Å². The molecule has 3 saturated heterocycles. The zero-order chi connectivity index (χ0) is 55.3. The highest BCUT2D eigenvalue weighted by atomic mass is 35.5. The molecule has 414 valence electrons. The second-order valence-electron chi connectivity index (χ2n) is 23.4. The Bertz CT molecular complexity index is 2560. The van der Waals surface area contributed by atoms with E-state index in [2.05, 4.69) is 13.0 Å². The molecule has 23 atom stereocenters. The Hall–Kier alpha value is -4.05. The number of ether oxygens (including phenoxy) is 6. The number of carbonyl (C=O) groups excluding carboxylic acids is 4. The summed E-state index contributed by atoms with van der Waals surface area (Å²) in [6.45, 7) is 18.5. The molecule has 8 N–H and O–H groups in total. The van der Waals surface area contributed by atoms with E-state index in [0.717, 1.165) is 5.57 Å². The van der Waals surface area contributed by atoms with Crippen LogP contribution in [0.25, 0.3) is 0 Å². The third kappa shape index (κ3) is 9.44. The molecule has 7 aliphatic rings. The second-order valence-corrected chi connectivity index (χ2v) is 23.8. The summed E-state index contributed by atoms with van der Waals surface area (Å²) in [5.41, 5.74) is -5.95. The number of phenols is 1. The molecule has 75 heavy (non-hydrogen) atoms. The van der Waals surface area contributed by atoms with Crippen LogP contribution in [0.15, 0.2) is 59.4 Å². The fraction of sp³-hybridized carbons (Fsp3) is 0.679. The predicted molar refractivity (Wildman–Crippen MR) is 268 cm³/mol. The first kappa shape index (κ1) is 57.1. The number of hydrogen-bond acceptors (Lipinski definition) is 18. The first-order valence-electron chi connectivity index (χ1n) is 26.1. The van der Waals surface area contributed by atoms with Gasteiger partial charge in [0.25, 0.3) is 0 Å². The average Bonchev–Trinajstić information content (AvgIpc) is 3.59. The van der Waals surface area contributed by atoms with Gasteiger partial charge < -0.3 is 69.3 Å². The van der Waals surface area contributed by atoms with E-state index in [1.54, 1.807) is 6.92 Å². The maximum Gasteiger partial charge on any atom is 0.346 e. The van der Waals surface area contributed by atoms with Gasteiger partial charge in [-0.05, 0) is 114 Å². The highest BCUT2D eigenvalue weighted by Crippen LogP contribution is 2.62. The fourth-order valence-electron chi connectivity index (χ4n) is 13.8. The number of fused-ring (bicyclic) bond motifs is 4. The molecule has 8 rings (SSSR count). The van der Waals surface area contributed by atoms with E-state index >= 15 is 4.79 Å². The first-order valence-corrected chi connectivity index (χ1v) is 26.5. The number of rotatable bonds is 10. The highest BCUT2D eigenvalue weighted by molar-refractivity contribution is 6.32. The van der Waals surface area contributed by atoms with Crippen LogP contribution in [0.1, 0.15) is 111 Å². The maximum atomic E-state index is 15.4. The van der Waals surface area contributed by atoms with Gasteiger partial charge in [0.15, 0.2) is 30.1 Å². The number of aliphatic hydroxyl groups is 7. The van der Waals surface area contributed by atoms with Crippen molar-refractivity contribution in [3.63, 3.8) is 0 Å². The molecule has 1 aromatic rings. The van der Waals surface area contributed by atoms with Crippen molar-refractivity contribution in [2.24, 2.45) is 52.3 Å². The van der Waals surface area contributed by atoms with Crippen molar-refractivity contribution >= 4 is 35.1 Å². The molecule has 4 aliphatic carbocycles. The number of phenolic OH excluding ortho intramolecular Hbond substituents is 1. The van der Waals surface area contributed by atoms with Crippen LogP contribution in [0.2, 0.25) is 5.02 Å². The van der Waals surface area contributed by atoms with Crippen LogP contribution in [0.3, 0.4) is 0 Å². The Balaban J connectivity index is 1.07. The van der Waals surface area contributed by atoms with Crippen LogP contribution in [0.5, 0.6) is 5.75 Å². The summed E-state index contributed by atoms with van der Waals surface area (Å²) in [6.07, 6.45) is -6.78. The van der Waals surface area contributed by atoms with E-state index in [1.165, 1.54) is 39.8 Å². The molecule has 3 aliphatic heterocycles. The van der Waals surface area contributed by atoms with Crippen molar-refractivity contribution < 1.29 is 88.5 Å².